The summed E-state index contributed by atoms with van der Waals surface area (Å²) in [4.78, 5) is 11.2. The third-order valence-electron chi connectivity index (χ3n) is 4.40. The number of methoxy groups -OCH3 is 2. The zero-order chi connectivity index (χ0) is 23.1. The molecule has 0 saturated heterocycles. The van der Waals surface area contributed by atoms with E-state index >= 15 is 0 Å². The second kappa shape index (κ2) is 9.83. The second-order valence-electron chi connectivity index (χ2n) is 7.09. The molecule has 0 aromatic heterocycles. The lowest BCUT2D eigenvalue weighted by Crippen LogP contribution is -2.24. The van der Waals surface area contributed by atoms with Gasteiger partial charge < -0.3 is 19.3 Å². The molecule has 0 aliphatic rings. The van der Waals surface area contributed by atoms with Gasteiger partial charge in [0.2, 0.25) is 0 Å². The number of rotatable bonds is 10. The van der Waals surface area contributed by atoms with Gasteiger partial charge in [-0.2, -0.15) is 0 Å². The van der Waals surface area contributed by atoms with Crippen molar-refractivity contribution in [3.8, 4) is 17.2 Å². The molecule has 0 fully saturated rings. The monoisotopic (exact) mass is 387 g/mol. The number of aliphatic carboxylic acids is 1. The van der Waals surface area contributed by atoms with E-state index in [9.17, 15) is 9.90 Å². The fraction of sp³-hybridized carbons (Fsp3) is 0.348. The molecule has 5 nitrogen and oxygen atoms in total. The van der Waals surface area contributed by atoms with Crippen LogP contribution >= 0.6 is 0 Å². The normalized spacial score (nSPS) is 13.5. The lowest BCUT2D eigenvalue weighted by Gasteiger charge is -2.18. The van der Waals surface area contributed by atoms with Crippen LogP contribution in [0.15, 0.2) is 42.5 Å². The highest BCUT2D eigenvalue weighted by atomic mass is 16.5. The first-order valence-electron chi connectivity index (χ1n) is 10.5. The van der Waals surface area contributed by atoms with Crippen molar-refractivity contribution in [1.82, 2.24) is 0 Å². The van der Waals surface area contributed by atoms with E-state index in [1.54, 1.807) is 51.3 Å². The molecule has 0 amide bonds. The molecule has 0 saturated carbocycles. The summed E-state index contributed by atoms with van der Waals surface area (Å²) in [6, 6.07) is 12.2. The van der Waals surface area contributed by atoms with E-state index in [1.165, 1.54) is 0 Å². The van der Waals surface area contributed by atoms with Crippen molar-refractivity contribution in [1.29, 1.82) is 0 Å². The SMILES string of the molecule is [2H]C([2H])([2H])Oc1ccc(/C=C/c2cc(OC)cc(OCCCC(C)(C)C(=O)O)c2)cc1. The average molecular weight is 387 g/mol. The first-order valence-corrected chi connectivity index (χ1v) is 9.01. The predicted octanol–water partition coefficient (Wildman–Crippen LogP) is 5.14. The number of benzene rings is 2. The Morgan fingerprint density at radius 2 is 1.71 bits per heavy atom. The lowest BCUT2D eigenvalue weighted by molar-refractivity contribution is -0.147. The fourth-order valence-corrected chi connectivity index (χ4v) is 2.54. The number of carboxylic acids is 1. The van der Waals surface area contributed by atoms with Gasteiger partial charge in [0.1, 0.15) is 17.2 Å². The van der Waals surface area contributed by atoms with Crippen molar-refractivity contribution in [3.63, 3.8) is 0 Å². The molecule has 0 aliphatic heterocycles. The highest BCUT2D eigenvalue weighted by Crippen LogP contribution is 2.26. The van der Waals surface area contributed by atoms with Crippen molar-refractivity contribution in [3.05, 3.63) is 53.6 Å². The van der Waals surface area contributed by atoms with Crippen LogP contribution in [0.3, 0.4) is 0 Å². The Morgan fingerprint density at radius 3 is 2.36 bits per heavy atom. The van der Waals surface area contributed by atoms with Gasteiger partial charge in [-0.25, -0.2) is 0 Å². The van der Waals surface area contributed by atoms with Gasteiger partial charge in [-0.3, -0.25) is 4.79 Å². The minimum Gasteiger partial charge on any atom is -0.497 e. The first-order chi connectivity index (χ1) is 14.5. The molecule has 0 spiro atoms. The molecule has 1 N–H and O–H groups in total. The maximum absolute atomic E-state index is 11.2. The highest BCUT2D eigenvalue weighted by Gasteiger charge is 2.26. The third-order valence-corrected chi connectivity index (χ3v) is 4.40. The summed E-state index contributed by atoms with van der Waals surface area (Å²) in [6.45, 7) is 3.80. The van der Waals surface area contributed by atoms with Gasteiger partial charge in [-0.1, -0.05) is 24.3 Å². The fourth-order valence-electron chi connectivity index (χ4n) is 2.54. The quantitative estimate of drug-likeness (QED) is 0.451. The van der Waals surface area contributed by atoms with Crippen molar-refractivity contribution in [2.24, 2.45) is 5.41 Å². The third kappa shape index (κ3) is 6.34. The Morgan fingerprint density at radius 1 is 1.04 bits per heavy atom. The van der Waals surface area contributed by atoms with Crippen molar-refractivity contribution in [2.75, 3.05) is 20.8 Å². The van der Waals surface area contributed by atoms with Crippen LogP contribution in [0, 0.1) is 5.41 Å². The van der Waals surface area contributed by atoms with E-state index in [4.69, 9.17) is 18.3 Å². The second-order valence-corrected chi connectivity index (χ2v) is 7.09. The Hall–Kier alpha value is -2.95. The van der Waals surface area contributed by atoms with Gasteiger partial charge >= 0.3 is 5.97 Å². The van der Waals surface area contributed by atoms with Crippen LogP contribution in [0.25, 0.3) is 12.2 Å². The molecule has 0 bridgehead atoms. The Balaban J connectivity index is 2.02. The minimum atomic E-state index is -2.47. The maximum Gasteiger partial charge on any atom is 0.309 e. The van der Waals surface area contributed by atoms with Crippen molar-refractivity contribution >= 4 is 18.1 Å². The Labute approximate surface area is 170 Å². The highest BCUT2D eigenvalue weighted by molar-refractivity contribution is 5.73. The van der Waals surface area contributed by atoms with Crippen LogP contribution in [-0.2, 0) is 4.79 Å². The molecular formula is C23H28O5. The van der Waals surface area contributed by atoms with E-state index in [0.29, 0.717) is 30.9 Å². The molecule has 0 aliphatic carbocycles. The van der Waals surface area contributed by atoms with Crippen LogP contribution in [0.5, 0.6) is 17.2 Å². The summed E-state index contributed by atoms with van der Waals surface area (Å²) in [5.74, 6) is 0.734. The number of hydrogen-bond donors (Lipinski definition) is 1. The smallest absolute Gasteiger partial charge is 0.309 e. The van der Waals surface area contributed by atoms with Gasteiger partial charge in [0.15, 0.2) is 0 Å². The first kappa shape index (κ1) is 17.2. The van der Waals surface area contributed by atoms with Crippen LogP contribution in [0.4, 0.5) is 0 Å². The van der Waals surface area contributed by atoms with Crippen LogP contribution in [-0.4, -0.2) is 31.8 Å². The van der Waals surface area contributed by atoms with Gasteiger partial charge in [0, 0.05) is 6.07 Å². The van der Waals surface area contributed by atoms with Gasteiger partial charge in [0.25, 0.3) is 0 Å². The summed E-state index contributed by atoms with van der Waals surface area (Å²) in [5.41, 5.74) is 0.956. The van der Waals surface area contributed by atoms with E-state index in [0.717, 1.165) is 11.1 Å². The van der Waals surface area contributed by atoms with E-state index < -0.39 is 18.4 Å². The zero-order valence-electron chi connectivity index (χ0n) is 19.4. The largest absolute Gasteiger partial charge is 0.497 e. The summed E-state index contributed by atoms with van der Waals surface area (Å²) in [5, 5.41) is 9.18. The number of hydrogen-bond acceptors (Lipinski definition) is 4. The Bertz CT molecular complexity index is 902. The molecule has 2 aromatic carbocycles. The molecule has 2 aromatic rings. The maximum atomic E-state index is 11.2. The minimum absolute atomic E-state index is 0.278. The van der Waals surface area contributed by atoms with Gasteiger partial charge in [-0.05, 0) is 62.1 Å². The lowest BCUT2D eigenvalue weighted by atomic mass is 9.88. The predicted molar refractivity (Wildman–Crippen MR) is 111 cm³/mol. The number of carbonyl (C=O) groups is 1. The summed E-state index contributed by atoms with van der Waals surface area (Å²) < 4.78 is 37.4. The molecule has 150 valence electrons. The van der Waals surface area contributed by atoms with E-state index in [2.05, 4.69) is 0 Å². The van der Waals surface area contributed by atoms with Crippen LogP contribution in [0.2, 0.25) is 0 Å². The summed E-state index contributed by atoms with van der Waals surface area (Å²) >= 11 is 0. The summed E-state index contributed by atoms with van der Waals surface area (Å²) in [6.07, 6.45) is 4.91. The molecule has 0 atom stereocenters. The Kier molecular flexibility index (Phi) is 6.03. The molecule has 0 heterocycles. The van der Waals surface area contributed by atoms with Crippen LogP contribution in [0.1, 0.15) is 41.9 Å². The molecule has 28 heavy (non-hydrogen) atoms. The molecule has 2 rings (SSSR count). The molecule has 5 heteroatoms. The van der Waals surface area contributed by atoms with E-state index in [-0.39, 0.29) is 5.75 Å². The average Bonchev–Trinajstić information content (AvgIpc) is 2.69. The molecule has 0 radical (unpaired) electrons. The molecule has 0 unspecified atom stereocenters. The van der Waals surface area contributed by atoms with Crippen molar-refractivity contribution in [2.45, 2.75) is 26.7 Å². The number of carboxylic acid groups (broad SMARTS) is 1. The van der Waals surface area contributed by atoms with Gasteiger partial charge in [0.05, 0.1) is 30.3 Å². The van der Waals surface area contributed by atoms with Crippen LogP contribution < -0.4 is 14.2 Å². The molecular weight excluding hydrogens is 356 g/mol. The van der Waals surface area contributed by atoms with Crippen molar-refractivity contribution < 1.29 is 28.2 Å². The van der Waals surface area contributed by atoms with Gasteiger partial charge in [-0.15, -0.1) is 0 Å². The summed E-state index contributed by atoms with van der Waals surface area (Å²) in [7, 11) is -0.899. The standard InChI is InChI=1S/C23H28O5/c1-23(2,22(24)25)12-5-13-28-21-15-18(14-20(16-21)27-4)7-6-17-8-10-19(26-3)11-9-17/h6-11,14-16H,5,12-13H2,1-4H3,(H,24,25)/b7-6+/i3D3. The number of ether oxygens (including phenoxy) is 3. The van der Waals surface area contributed by atoms with E-state index in [1.807, 2.05) is 24.3 Å². The zero-order valence-corrected chi connectivity index (χ0v) is 16.4. The topological polar surface area (TPSA) is 65.0 Å².